The summed E-state index contributed by atoms with van der Waals surface area (Å²) >= 11 is 0. The van der Waals surface area contributed by atoms with Crippen LogP contribution in [0.2, 0.25) is 0 Å². The van der Waals surface area contributed by atoms with E-state index in [1.54, 1.807) is 25.7 Å². The maximum absolute atomic E-state index is 14.3. The molecule has 0 aliphatic heterocycles. The molecule has 2 N–H and O–H groups in total. The van der Waals surface area contributed by atoms with Crippen LogP contribution in [0.5, 0.6) is 0 Å². The number of nitrogens with one attached hydrogen (secondary N) is 2. The molecule has 39 heavy (non-hydrogen) atoms. The Hall–Kier alpha value is -2.57. The number of unbranched alkanes of at least 4 members (excludes halogenated alkanes) is 6. The molecule has 3 unspecified atom stereocenters. The molecule has 3 amide bonds. The molecule has 0 aliphatic carbocycles. The minimum atomic E-state index is -0.804. The fourth-order valence-corrected chi connectivity index (χ4v) is 4.45. The Kier molecular flexibility index (Phi) is 15.8. The summed E-state index contributed by atoms with van der Waals surface area (Å²) in [5.41, 5.74) is 1.17. The van der Waals surface area contributed by atoms with Crippen LogP contribution in [0.25, 0.3) is 0 Å². The zero-order chi connectivity index (χ0) is 29.4. The smallest absolute Gasteiger partial charge is 0.408 e. The topological polar surface area (TPSA) is 87.7 Å². The number of aryl methyl sites for hydroxylation is 1. The van der Waals surface area contributed by atoms with Crippen molar-refractivity contribution in [1.29, 1.82) is 0 Å². The Balaban J connectivity index is 3.42. The lowest BCUT2D eigenvalue weighted by atomic mass is 9.95. The van der Waals surface area contributed by atoms with Crippen LogP contribution in [0, 0.1) is 12.8 Å². The summed E-state index contributed by atoms with van der Waals surface area (Å²) in [6, 6.07) is 6.23. The highest BCUT2D eigenvalue weighted by molar-refractivity contribution is 5.92. The third-order valence-electron chi connectivity index (χ3n) is 6.97. The van der Waals surface area contributed by atoms with Crippen LogP contribution in [0.15, 0.2) is 24.3 Å². The van der Waals surface area contributed by atoms with Gasteiger partial charge in [0.05, 0.1) is 0 Å². The molecule has 7 heteroatoms. The molecular weight excluding hydrogens is 490 g/mol. The molecule has 0 saturated carbocycles. The quantitative estimate of drug-likeness (QED) is 0.205. The van der Waals surface area contributed by atoms with E-state index in [0.717, 1.165) is 62.5 Å². The number of carbonyl (C=O) groups excluding carboxylic acids is 3. The van der Waals surface area contributed by atoms with E-state index in [-0.39, 0.29) is 17.7 Å². The second-order valence-corrected chi connectivity index (χ2v) is 11.8. The zero-order valence-electron chi connectivity index (χ0n) is 25.9. The van der Waals surface area contributed by atoms with Crippen molar-refractivity contribution in [3.8, 4) is 0 Å². The number of carbonyl (C=O) groups is 3. The SMILES string of the molecule is CCCCCCCN(C(=O)C(NC(=O)OC(C)(C)C)C(C)CC)C(C(=O)NCCCCC)c1ccc(C)cc1. The van der Waals surface area contributed by atoms with Crippen LogP contribution in [0.1, 0.15) is 123 Å². The van der Waals surface area contributed by atoms with Gasteiger partial charge in [0.25, 0.3) is 0 Å². The van der Waals surface area contributed by atoms with Gasteiger partial charge in [0.1, 0.15) is 17.7 Å². The number of hydrogen-bond acceptors (Lipinski definition) is 4. The lowest BCUT2D eigenvalue weighted by molar-refractivity contribution is -0.143. The van der Waals surface area contributed by atoms with Gasteiger partial charge in [0.15, 0.2) is 0 Å². The highest BCUT2D eigenvalue weighted by Gasteiger charge is 2.37. The van der Waals surface area contributed by atoms with Crippen LogP contribution >= 0.6 is 0 Å². The molecule has 0 radical (unpaired) electrons. The second-order valence-electron chi connectivity index (χ2n) is 11.8. The van der Waals surface area contributed by atoms with Crippen molar-refractivity contribution in [2.75, 3.05) is 13.1 Å². The summed E-state index contributed by atoms with van der Waals surface area (Å²) in [4.78, 5) is 42.5. The monoisotopic (exact) mass is 545 g/mol. The third kappa shape index (κ3) is 12.9. The van der Waals surface area contributed by atoms with Gasteiger partial charge in [0.2, 0.25) is 11.8 Å². The molecular formula is C32H55N3O4. The van der Waals surface area contributed by atoms with E-state index in [1.165, 1.54) is 0 Å². The van der Waals surface area contributed by atoms with Gasteiger partial charge in [-0.3, -0.25) is 9.59 Å². The van der Waals surface area contributed by atoms with Crippen molar-refractivity contribution in [2.45, 2.75) is 131 Å². The molecule has 1 aromatic carbocycles. The van der Waals surface area contributed by atoms with Crippen LogP contribution < -0.4 is 10.6 Å². The predicted octanol–water partition coefficient (Wildman–Crippen LogP) is 7.08. The van der Waals surface area contributed by atoms with Gasteiger partial charge in [-0.05, 0) is 52.0 Å². The standard InChI is InChI=1S/C32H55N3O4/c1-9-12-14-15-17-23-35(30(37)27(25(5)11-3)34-31(38)39-32(6,7)8)28(26-20-18-24(4)19-21-26)29(36)33-22-16-13-10-2/h18-21,25,27-28H,9-17,22-23H2,1-8H3,(H,33,36)(H,34,38). The molecule has 1 rings (SSSR count). The minimum absolute atomic E-state index is 0.140. The fourth-order valence-electron chi connectivity index (χ4n) is 4.45. The van der Waals surface area contributed by atoms with Crippen LogP contribution in [-0.2, 0) is 14.3 Å². The minimum Gasteiger partial charge on any atom is -0.444 e. The summed E-state index contributed by atoms with van der Waals surface area (Å²) < 4.78 is 5.50. The van der Waals surface area contributed by atoms with Gasteiger partial charge in [-0.25, -0.2) is 4.79 Å². The Morgan fingerprint density at radius 2 is 1.49 bits per heavy atom. The highest BCUT2D eigenvalue weighted by Crippen LogP contribution is 2.26. The molecule has 0 saturated heterocycles. The molecule has 222 valence electrons. The van der Waals surface area contributed by atoms with Gasteiger partial charge in [-0.1, -0.05) is 102 Å². The first-order valence-corrected chi connectivity index (χ1v) is 15.1. The lowest BCUT2D eigenvalue weighted by Gasteiger charge is -2.36. The van der Waals surface area contributed by atoms with Crippen molar-refractivity contribution in [3.05, 3.63) is 35.4 Å². The van der Waals surface area contributed by atoms with Crippen molar-refractivity contribution in [1.82, 2.24) is 15.5 Å². The van der Waals surface area contributed by atoms with Gasteiger partial charge < -0.3 is 20.3 Å². The first-order chi connectivity index (χ1) is 18.4. The number of alkyl carbamates (subject to hydrolysis) is 1. The molecule has 0 bridgehead atoms. The van der Waals surface area contributed by atoms with Crippen molar-refractivity contribution in [2.24, 2.45) is 5.92 Å². The molecule has 1 aromatic rings. The van der Waals surface area contributed by atoms with E-state index in [9.17, 15) is 14.4 Å². The number of rotatable bonds is 17. The van der Waals surface area contributed by atoms with E-state index in [0.29, 0.717) is 19.5 Å². The van der Waals surface area contributed by atoms with E-state index >= 15 is 0 Å². The summed E-state index contributed by atoms with van der Waals surface area (Å²) in [6.45, 7) is 16.6. The normalized spacial score (nSPS) is 13.7. The van der Waals surface area contributed by atoms with Crippen LogP contribution in [0.3, 0.4) is 0 Å². The first-order valence-electron chi connectivity index (χ1n) is 15.1. The summed E-state index contributed by atoms with van der Waals surface area (Å²) in [7, 11) is 0. The Labute approximate surface area is 237 Å². The number of benzene rings is 1. The molecule has 0 heterocycles. The second kappa shape index (κ2) is 17.9. The molecule has 7 nitrogen and oxygen atoms in total. The number of ether oxygens (including phenoxy) is 1. The number of nitrogens with zero attached hydrogens (tertiary/aromatic N) is 1. The van der Waals surface area contributed by atoms with E-state index in [4.69, 9.17) is 4.74 Å². The molecule has 0 aliphatic rings. The van der Waals surface area contributed by atoms with Crippen molar-refractivity contribution < 1.29 is 19.1 Å². The fraction of sp³-hybridized carbons (Fsp3) is 0.719. The van der Waals surface area contributed by atoms with E-state index in [2.05, 4.69) is 24.5 Å². The van der Waals surface area contributed by atoms with Crippen LogP contribution in [0.4, 0.5) is 4.79 Å². The average Bonchev–Trinajstić information content (AvgIpc) is 2.88. The summed E-state index contributed by atoms with van der Waals surface area (Å²) in [5, 5.41) is 5.93. The highest BCUT2D eigenvalue weighted by atomic mass is 16.6. The molecule has 0 spiro atoms. The van der Waals surface area contributed by atoms with Gasteiger partial charge >= 0.3 is 6.09 Å². The van der Waals surface area contributed by atoms with Gasteiger partial charge in [-0.15, -0.1) is 0 Å². The largest absolute Gasteiger partial charge is 0.444 e. The first kappa shape index (κ1) is 34.5. The number of hydrogen-bond donors (Lipinski definition) is 2. The predicted molar refractivity (Wildman–Crippen MR) is 160 cm³/mol. The summed E-state index contributed by atoms with van der Waals surface area (Å²) in [6.07, 6.45) is 8.17. The lowest BCUT2D eigenvalue weighted by Crippen LogP contribution is -2.55. The maximum Gasteiger partial charge on any atom is 0.408 e. The maximum atomic E-state index is 14.3. The van der Waals surface area contributed by atoms with Crippen molar-refractivity contribution >= 4 is 17.9 Å². The van der Waals surface area contributed by atoms with E-state index in [1.807, 2.05) is 45.0 Å². The van der Waals surface area contributed by atoms with E-state index < -0.39 is 23.8 Å². The zero-order valence-corrected chi connectivity index (χ0v) is 25.9. The van der Waals surface area contributed by atoms with Crippen molar-refractivity contribution in [3.63, 3.8) is 0 Å². The Bertz CT molecular complexity index is 863. The summed E-state index contributed by atoms with van der Waals surface area (Å²) in [5.74, 6) is -0.573. The Morgan fingerprint density at radius 3 is 2.05 bits per heavy atom. The van der Waals surface area contributed by atoms with Gasteiger partial charge in [-0.2, -0.15) is 0 Å². The molecule has 3 atom stereocenters. The molecule has 0 fully saturated rings. The van der Waals surface area contributed by atoms with Gasteiger partial charge in [0, 0.05) is 13.1 Å². The molecule has 0 aromatic heterocycles. The van der Waals surface area contributed by atoms with Crippen LogP contribution in [-0.4, -0.2) is 47.5 Å². The third-order valence-corrected chi connectivity index (χ3v) is 6.97. The Morgan fingerprint density at radius 1 is 0.897 bits per heavy atom. The average molecular weight is 546 g/mol. The number of amides is 3.